The Labute approximate surface area is 167 Å². The summed E-state index contributed by atoms with van der Waals surface area (Å²) < 4.78 is 5.13. The van der Waals surface area contributed by atoms with Crippen LogP contribution in [-0.4, -0.2) is 47.6 Å². The molecule has 3 aromatic rings. The van der Waals surface area contributed by atoms with Crippen LogP contribution in [0.3, 0.4) is 0 Å². The number of methoxy groups -OCH3 is 1. The number of para-hydroxylation sites is 1. The maximum Gasteiger partial charge on any atom is 0.258 e. The molecule has 0 saturated carbocycles. The molecule has 2 N–H and O–H groups in total. The van der Waals surface area contributed by atoms with Gasteiger partial charge < -0.3 is 15.0 Å². The molecule has 3 rings (SSSR count). The Morgan fingerprint density at radius 2 is 2.00 bits per heavy atom. The number of aromatic nitrogens is 2. The average molecular weight is 391 g/mol. The second-order valence-electron chi connectivity index (χ2n) is 6.47. The maximum atomic E-state index is 12.5. The van der Waals surface area contributed by atoms with E-state index < -0.39 is 0 Å². The fourth-order valence-electron chi connectivity index (χ4n) is 2.89. The smallest absolute Gasteiger partial charge is 0.258 e. The van der Waals surface area contributed by atoms with Crippen LogP contribution in [0, 0.1) is 11.3 Å². The van der Waals surface area contributed by atoms with E-state index in [1.165, 1.54) is 0 Å². The number of H-pyrrole nitrogens is 1. The van der Waals surface area contributed by atoms with Gasteiger partial charge in [0, 0.05) is 19.3 Å². The van der Waals surface area contributed by atoms with E-state index in [-0.39, 0.29) is 18.0 Å². The minimum atomic E-state index is -0.214. The number of hydrogen-bond donors (Lipinski definition) is 2. The predicted molar refractivity (Wildman–Crippen MR) is 109 cm³/mol. The Balaban J connectivity index is 1.71. The summed E-state index contributed by atoms with van der Waals surface area (Å²) in [5.74, 6) is 0.268. The van der Waals surface area contributed by atoms with Crippen LogP contribution in [0.1, 0.15) is 11.4 Å². The number of nitriles is 1. The molecule has 0 radical (unpaired) electrons. The van der Waals surface area contributed by atoms with Crippen molar-refractivity contribution in [2.75, 3.05) is 32.1 Å². The summed E-state index contributed by atoms with van der Waals surface area (Å²) in [6.45, 7) is 1.32. The molecule has 148 valence electrons. The number of ether oxygens (including phenoxy) is 1. The zero-order valence-corrected chi connectivity index (χ0v) is 16.0. The highest BCUT2D eigenvalue weighted by molar-refractivity contribution is 5.92. The van der Waals surface area contributed by atoms with Crippen LogP contribution in [0.25, 0.3) is 10.9 Å². The normalized spacial score (nSPS) is 10.8. The van der Waals surface area contributed by atoms with Gasteiger partial charge in [0.05, 0.1) is 42.2 Å². The van der Waals surface area contributed by atoms with Crippen LogP contribution >= 0.6 is 0 Å². The van der Waals surface area contributed by atoms with Crippen molar-refractivity contribution in [2.24, 2.45) is 0 Å². The van der Waals surface area contributed by atoms with Crippen LogP contribution in [0.15, 0.2) is 53.3 Å². The van der Waals surface area contributed by atoms with Crippen molar-refractivity contribution < 1.29 is 9.53 Å². The lowest BCUT2D eigenvalue weighted by molar-refractivity contribution is -0.117. The largest absolute Gasteiger partial charge is 0.383 e. The molecule has 0 unspecified atom stereocenters. The minimum absolute atomic E-state index is 0.0971. The molecule has 8 heteroatoms. The Kier molecular flexibility index (Phi) is 6.68. The third-order valence-electron chi connectivity index (χ3n) is 4.31. The summed E-state index contributed by atoms with van der Waals surface area (Å²) >= 11 is 0. The number of fused-ring (bicyclic) bond motifs is 1. The van der Waals surface area contributed by atoms with E-state index in [4.69, 9.17) is 10.00 Å². The van der Waals surface area contributed by atoms with E-state index in [1.807, 2.05) is 17.0 Å². The van der Waals surface area contributed by atoms with Crippen LogP contribution in [-0.2, 0) is 16.1 Å². The van der Waals surface area contributed by atoms with Gasteiger partial charge >= 0.3 is 0 Å². The number of carbonyl (C=O) groups is 1. The summed E-state index contributed by atoms with van der Waals surface area (Å²) in [5, 5.41) is 12.2. The molecule has 0 atom stereocenters. The van der Waals surface area contributed by atoms with Crippen molar-refractivity contribution in [1.82, 2.24) is 14.9 Å². The quantitative estimate of drug-likeness (QED) is 0.607. The molecule has 0 bridgehead atoms. The third kappa shape index (κ3) is 5.48. The Morgan fingerprint density at radius 3 is 2.72 bits per heavy atom. The Morgan fingerprint density at radius 1 is 1.24 bits per heavy atom. The molecule has 0 aliphatic heterocycles. The first-order chi connectivity index (χ1) is 14.1. The molecule has 0 fully saturated rings. The molecule has 1 aromatic heterocycles. The van der Waals surface area contributed by atoms with Gasteiger partial charge in [-0.1, -0.05) is 12.1 Å². The van der Waals surface area contributed by atoms with E-state index in [0.29, 0.717) is 47.7 Å². The van der Waals surface area contributed by atoms with E-state index in [1.54, 1.807) is 49.6 Å². The number of amides is 1. The molecular weight excluding hydrogens is 370 g/mol. The average Bonchev–Trinajstić information content (AvgIpc) is 2.72. The summed E-state index contributed by atoms with van der Waals surface area (Å²) in [6, 6.07) is 15.8. The van der Waals surface area contributed by atoms with Crippen molar-refractivity contribution >= 4 is 22.5 Å². The highest BCUT2D eigenvalue weighted by atomic mass is 16.5. The van der Waals surface area contributed by atoms with Gasteiger partial charge in [-0.25, -0.2) is 4.98 Å². The number of benzene rings is 2. The first-order valence-electron chi connectivity index (χ1n) is 9.08. The van der Waals surface area contributed by atoms with Gasteiger partial charge in [0.25, 0.3) is 5.56 Å². The van der Waals surface area contributed by atoms with E-state index in [0.717, 1.165) is 0 Å². The van der Waals surface area contributed by atoms with E-state index >= 15 is 0 Å². The van der Waals surface area contributed by atoms with E-state index in [2.05, 4.69) is 15.3 Å². The van der Waals surface area contributed by atoms with Gasteiger partial charge in [-0.15, -0.1) is 0 Å². The molecular formula is C21H21N5O3. The van der Waals surface area contributed by atoms with Crippen LogP contribution < -0.4 is 10.9 Å². The second kappa shape index (κ2) is 9.59. The SMILES string of the molecule is COCCN(CC(=O)Nc1ccc(C#N)cc1)Cc1nc2ccccc2c(=O)[nH]1. The molecule has 0 aliphatic rings. The maximum absolute atomic E-state index is 12.5. The monoisotopic (exact) mass is 391 g/mol. The number of rotatable bonds is 8. The molecule has 0 spiro atoms. The molecule has 2 aromatic carbocycles. The number of nitrogens with zero attached hydrogens (tertiary/aromatic N) is 3. The molecule has 1 amide bonds. The van der Waals surface area contributed by atoms with Gasteiger partial charge in [-0.05, 0) is 36.4 Å². The van der Waals surface area contributed by atoms with Crippen molar-refractivity contribution in [1.29, 1.82) is 5.26 Å². The molecule has 29 heavy (non-hydrogen) atoms. The molecule has 8 nitrogen and oxygen atoms in total. The molecule has 1 heterocycles. The van der Waals surface area contributed by atoms with Crippen LogP contribution in [0.4, 0.5) is 5.69 Å². The minimum Gasteiger partial charge on any atom is -0.383 e. The zero-order valence-electron chi connectivity index (χ0n) is 16.0. The van der Waals surface area contributed by atoms with E-state index in [9.17, 15) is 9.59 Å². The number of nitrogens with one attached hydrogen (secondary N) is 2. The number of carbonyl (C=O) groups excluding carboxylic acids is 1. The predicted octanol–water partition coefficient (Wildman–Crippen LogP) is 1.88. The molecule has 0 saturated heterocycles. The van der Waals surface area contributed by atoms with Crippen molar-refractivity contribution in [3.63, 3.8) is 0 Å². The van der Waals surface area contributed by atoms with Crippen molar-refractivity contribution in [2.45, 2.75) is 6.54 Å². The first kappa shape index (κ1) is 20.2. The van der Waals surface area contributed by atoms with Gasteiger partial charge in [0.1, 0.15) is 5.82 Å². The lowest BCUT2D eigenvalue weighted by Gasteiger charge is -2.21. The third-order valence-corrected chi connectivity index (χ3v) is 4.31. The van der Waals surface area contributed by atoms with Gasteiger partial charge in [-0.3, -0.25) is 14.5 Å². The van der Waals surface area contributed by atoms with Gasteiger partial charge in [0.2, 0.25) is 5.91 Å². The Bertz CT molecular complexity index is 1090. The zero-order chi connectivity index (χ0) is 20.6. The summed E-state index contributed by atoms with van der Waals surface area (Å²) in [5.41, 5.74) is 1.54. The number of hydrogen-bond acceptors (Lipinski definition) is 6. The highest BCUT2D eigenvalue weighted by Crippen LogP contribution is 2.10. The summed E-state index contributed by atoms with van der Waals surface area (Å²) in [6.07, 6.45) is 0. The number of aromatic amines is 1. The topological polar surface area (TPSA) is 111 Å². The Hall–Kier alpha value is -3.54. The lowest BCUT2D eigenvalue weighted by Crippen LogP contribution is -2.36. The van der Waals surface area contributed by atoms with Crippen molar-refractivity contribution in [3.8, 4) is 6.07 Å². The van der Waals surface area contributed by atoms with Crippen LogP contribution in [0.2, 0.25) is 0 Å². The lowest BCUT2D eigenvalue weighted by atomic mass is 10.2. The summed E-state index contributed by atoms with van der Waals surface area (Å²) in [4.78, 5) is 33.8. The van der Waals surface area contributed by atoms with Crippen LogP contribution in [0.5, 0.6) is 0 Å². The van der Waals surface area contributed by atoms with Crippen molar-refractivity contribution in [3.05, 3.63) is 70.3 Å². The number of anilines is 1. The first-order valence-corrected chi connectivity index (χ1v) is 9.08. The molecule has 0 aliphatic carbocycles. The summed E-state index contributed by atoms with van der Waals surface area (Å²) in [7, 11) is 1.59. The van der Waals surface area contributed by atoms with Gasteiger partial charge in [0.15, 0.2) is 0 Å². The second-order valence-corrected chi connectivity index (χ2v) is 6.47. The van der Waals surface area contributed by atoms with Gasteiger partial charge in [-0.2, -0.15) is 5.26 Å². The standard InChI is InChI=1S/C21H21N5O3/c1-29-11-10-26(14-20(27)23-16-8-6-15(12-22)7-9-16)13-19-24-18-5-3-2-4-17(18)21(28)25-19/h2-9H,10-11,13-14H2,1H3,(H,23,27)(H,24,25,28). The fraction of sp³-hybridized carbons (Fsp3) is 0.238. The fourth-order valence-corrected chi connectivity index (χ4v) is 2.89. The highest BCUT2D eigenvalue weighted by Gasteiger charge is 2.14.